The van der Waals surface area contributed by atoms with Gasteiger partial charge >= 0.3 is 0 Å². The molecule has 0 bridgehead atoms. The lowest BCUT2D eigenvalue weighted by atomic mass is 9.85. The number of hydrogen-bond donors (Lipinski definition) is 2. The Hall–Kier alpha value is -0.610. The second kappa shape index (κ2) is 11.0. The molecule has 1 aliphatic rings. The van der Waals surface area contributed by atoms with Crippen molar-refractivity contribution in [2.24, 2.45) is 17.8 Å². The Morgan fingerprint density at radius 2 is 1.96 bits per heavy atom. The van der Waals surface area contributed by atoms with Gasteiger partial charge in [0.25, 0.3) is 0 Å². The lowest BCUT2D eigenvalue weighted by Crippen LogP contribution is -2.45. The first kappa shape index (κ1) is 20.4. The Morgan fingerprint density at radius 3 is 2.48 bits per heavy atom. The number of carbonyl (C=O) groups is 1. The highest BCUT2D eigenvalue weighted by atomic mass is 16.1. The summed E-state index contributed by atoms with van der Waals surface area (Å²) in [6, 6.07) is 0.459. The van der Waals surface area contributed by atoms with Gasteiger partial charge < -0.3 is 10.6 Å². The van der Waals surface area contributed by atoms with Crippen LogP contribution in [0.5, 0.6) is 0 Å². The van der Waals surface area contributed by atoms with Gasteiger partial charge in [0, 0.05) is 19.0 Å². The molecular formula is C19H39N3O. The Kier molecular flexibility index (Phi) is 9.80. The number of rotatable bonds is 10. The summed E-state index contributed by atoms with van der Waals surface area (Å²) in [5.74, 6) is 2.01. The molecule has 0 saturated carbocycles. The molecule has 136 valence electrons. The van der Waals surface area contributed by atoms with Crippen molar-refractivity contribution < 1.29 is 4.79 Å². The van der Waals surface area contributed by atoms with Gasteiger partial charge in [-0.1, -0.05) is 34.6 Å². The third-order valence-corrected chi connectivity index (χ3v) is 5.25. The zero-order valence-electron chi connectivity index (χ0n) is 16.0. The Labute approximate surface area is 143 Å². The highest BCUT2D eigenvalue weighted by Gasteiger charge is 2.23. The van der Waals surface area contributed by atoms with E-state index in [1.165, 1.54) is 12.8 Å². The minimum Gasteiger partial charge on any atom is -0.355 e. The van der Waals surface area contributed by atoms with E-state index in [2.05, 4.69) is 50.2 Å². The normalized spacial score (nSPS) is 21.4. The highest BCUT2D eigenvalue weighted by molar-refractivity contribution is 5.76. The molecule has 23 heavy (non-hydrogen) atoms. The van der Waals surface area contributed by atoms with Crippen molar-refractivity contribution in [2.75, 3.05) is 32.7 Å². The first-order valence-corrected chi connectivity index (χ1v) is 9.69. The number of likely N-dealkylation sites (N-methyl/N-ethyl adjacent to an activating group) is 1. The number of piperidine rings is 1. The SMILES string of the molecule is CCN(CC)C(CNC(=O)CC(C)C1CCCNC1)CC(C)C. The van der Waals surface area contributed by atoms with Crippen molar-refractivity contribution >= 4 is 5.91 Å². The van der Waals surface area contributed by atoms with Crippen molar-refractivity contribution in [3.63, 3.8) is 0 Å². The maximum Gasteiger partial charge on any atom is 0.220 e. The van der Waals surface area contributed by atoms with Crippen LogP contribution in [0, 0.1) is 17.8 Å². The summed E-state index contributed by atoms with van der Waals surface area (Å²) in [6.45, 7) is 16.3. The van der Waals surface area contributed by atoms with E-state index in [9.17, 15) is 4.79 Å². The molecule has 3 unspecified atom stereocenters. The van der Waals surface area contributed by atoms with Crippen molar-refractivity contribution in [3.05, 3.63) is 0 Å². The molecule has 0 aromatic carbocycles. The Morgan fingerprint density at radius 1 is 1.26 bits per heavy atom. The van der Waals surface area contributed by atoms with E-state index in [4.69, 9.17) is 0 Å². The smallest absolute Gasteiger partial charge is 0.220 e. The van der Waals surface area contributed by atoms with Gasteiger partial charge in [-0.2, -0.15) is 0 Å². The molecule has 0 aliphatic carbocycles. The molecular weight excluding hydrogens is 286 g/mol. The van der Waals surface area contributed by atoms with Crippen molar-refractivity contribution in [2.45, 2.75) is 66.3 Å². The molecule has 3 atom stereocenters. The Balaban J connectivity index is 2.41. The van der Waals surface area contributed by atoms with E-state index >= 15 is 0 Å². The van der Waals surface area contributed by atoms with Crippen molar-refractivity contribution in [1.82, 2.24) is 15.5 Å². The number of carbonyl (C=O) groups excluding carboxylic acids is 1. The molecule has 2 N–H and O–H groups in total. The summed E-state index contributed by atoms with van der Waals surface area (Å²) in [5, 5.41) is 6.66. The third kappa shape index (κ3) is 7.67. The van der Waals surface area contributed by atoms with Crippen LogP contribution in [0.1, 0.15) is 60.3 Å². The van der Waals surface area contributed by atoms with Crippen LogP contribution < -0.4 is 10.6 Å². The van der Waals surface area contributed by atoms with Gasteiger partial charge in [0.1, 0.15) is 0 Å². The standard InChI is InChI=1S/C19H39N3O/c1-6-22(7-2)18(11-15(3)4)14-21-19(23)12-16(5)17-9-8-10-20-13-17/h15-18,20H,6-14H2,1-5H3,(H,21,23). The van der Waals surface area contributed by atoms with Crippen LogP contribution in [-0.4, -0.2) is 49.6 Å². The topological polar surface area (TPSA) is 44.4 Å². The van der Waals surface area contributed by atoms with Gasteiger partial charge in [0.2, 0.25) is 5.91 Å². The average molecular weight is 326 g/mol. The van der Waals surface area contributed by atoms with Crippen LogP contribution in [-0.2, 0) is 4.79 Å². The second-order valence-electron chi connectivity index (χ2n) is 7.60. The molecule has 0 aromatic heterocycles. The van der Waals surface area contributed by atoms with Gasteiger partial charge in [-0.05, 0) is 63.2 Å². The first-order valence-electron chi connectivity index (χ1n) is 9.69. The fraction of sp³-hybridized carbons (Fsp3) is 0.947. The Bertz CT molecular complexity index is 323. The van der Waals surface area contributed by atoms with Gasteiger partial charge in [-0.3, -0.25) is 9.69 Å². The maximum absolute atomic E-state index is 12.3. The van der Waals surface area contributed by atoms with Crippen LogP contribution in [0.3, 0.4) is 0 Å². The summed E-state index contributed by atoms with van der Waals surface area (Å²) in [4.78, 5) is 14.8. The number of hydrogen-bond acceptors (Lipinski definition) is 3. The number of nitrogens with one attached hydrogen (secondary N) is 2. The van der Waals surface area contributed by atoms with E-state index in [-0.39, 0.29) is 5.91 Å². The average Bonchev–Trinajstić information content (AvgIpc) is 2.53. The molecule has 1 aliphatic heterocycles. The molecule has 0 radical (unpaired) electrons. The van der Waals surface area contributed by atoms with Crippen LogP contribution in [0.15, 0.2) is 0 Å². The first-order chi connectivity index (χ1) is 11.0. The molecule has 1 rings (SSSR count). The summed E-state index contributed by atoms with van der Waals surface area (Å²) in [5.41, 5.74) is 0. The van der Waals surface area contributed by atoms with Gasteiger partial charge in [-0.15, -0.1) is 0 Å². The van der Waals surface area contributed by atoms with Crippen LogP contribution >= 0.6 is 0 Å². The van der Waals surface area contributed by atoms with Crippen LogP contribution in [0.4, 0.5) is 0 Å². The van der Waals surface area contributed by atoms with Gasteiger partial charge in [0.15, 0.2) is 0 Å². The molecule has 0 spiro atoms. The van der Waals surface area contributed by atoms with Crippen LogP contribution in [0.25, 0.3) is 0 Å². The lowest BCUT2D eigenvalue weighted by molar-refractivity contribution is -0.122. The monoisotopic (exact) mass is 325 g/mol. The summed E-state index contributed by atoms with van der Waals surface area (Å²) in [6.07, 6.45) is 4.31. The largest absolute Gasteiger partial charge is 0.355 e. The third-order valence-electron chi connectivity index (χ3n) is 5.25. The maximum atomic E-state index is 12.3. The minimum absolute atomic E-state index is 0.226. The molecule has 1 heterocycles. The van der Waals surface area contributed by atoms with Gasteiger partial charge in [-0.25, -0.2) is 0 Å². The molecule has 1 saturated heterocycles. The van der Waals surface area contributed by atoms with E-state index in [1.54, 1.807) is 0 Å². The quantitative estimate of drug-likeness (QED) is 0.649. The molecule has 1 fully saturated rings. The van der Waals surface area contributed by atoms with E-state index in [1.807, 2.05) is 0 Å². The highest BCUT2D eigenvalue weighted by Crippen LogP contribution is 2.22. The van der Waals surface area contributed by atoms with Gasteiger partial charge in [0.05, 0.1) is 0 Å². The predicted molar refractivity (Wildman–Crippen MR) is 98.5 cm³/mol. The second-order valence-corrected chi connectivity index (χ2v) is 7.60. The zero-order valence-corrected chi connectivity index (χ0v) is 16.0. The summed E-state index contributed by atoms with van der Waals surface area (Å²) in [7, 11) is 0. The fourth-order valence-corrected chi connectivity index (χ4v) is 3.77. The molecule has 4 nitrogen and oxygen atoms in total. The number of amides is 1. The van der Waals surface area contributed by atoms with E-state index in [0.29, 0.717) is 30.2 Å². The zero-order chi connectivity index (χ0) is 17.2. The van der Waals surface area contributed by atoms with E-state index < -0.39 is 0 Å². The molecule has 4 heteroatoms. The van der Waals surface area contributed by atoms with Crippen molar-refractivity contribution in [3.8, 4) is 0 Å². The lowest BCUT2D eigenvalue weighted by Gasteiger charge is -2.32. The fourth-order valence-electron chi connectivity index (χ4n) is 3.77. The molecule has 1 amide bonds. The predicted octanol–water partition coefficient (Wildman–Crippen LogP) is 2.88. The summed E-state index contributed by atoms with van der Waals surface area (Å²) < 4.78 is 0. The van der Waals surface area contributed by atoms with Crippen LogP contribution in [0.2, 0.25) is 0 Å². The molecule has 0 aromatic rings. The minimum atomic E-state index is 0.226. The van der Waals surface area contributed by atoms with Crippen molar-refractivity contribution in [1.29, 1.82) is 0 Å². The number of nitrogens with zero attached hydrogens (tertiary/aromatic N) is 1. The summed E-state index contributed by atoms with van der Waals surface area (Å²) >= 11 is 0. The van der Waals surface area contributed by atoms with E-state index in [0.717, 1.165) is 39.1 Å².